The van der Waals surface area contributed by atoms with E-state index in [9.17, 15) is 0 Å². The molecule has 2 nitrogen and oxygen atoms in total. The molecule has 13 heavy (non-hydrogen) atoms. The lowest BCUT2D eigenvalue weighted by molar-refractivity contribution is 0.943. The topological polar surface area (TPSA) is 17.8 Å². The van der Waals surface area contributed by atoms with Crippen LogP contribution in [0.5, 0.6) is 0 Å². The molecule has 0 spiro atoms. The van der Waals surface area contributed by atoms with Crippen molar-refractivity contribution in [1.82, 2.24) is 9.55 Å². The van der Waals surface area contributed by atoms with Crippen molar-refractivity contribution in [2.24, 2.45) is 7.05 Å². The lowest BCUT2D eigenvalue weighted by Gasteiger charge is -1.91. The van der Waals surface area contributed by atoms with E-state index < -0.39 is 0 Å². The van der Waals surface area contributed by atoms with Gasteiger partial charge < -0.3 is 4.57 Å². The summed E-state index contributed by atoms with van der Waals surface area (Å²) >= 11 is 5.78. The molecule has 0 fully saturated rings. The van der Waals surface area contributed by atoms with E-state index in [0.717, 1.165) is 16.6 Å². The van der Waals surface area contributed by atoms with Gasteiger partial charge in [0.25, 0.3) is 0 Å². The van der Waals surface area contributed by atoms with Crippen molar-refractivity contribution in [2.45, 2.75) is 5.88 Å². The molecule has 0 aliphatic carbocycles. The van der Waals surface area contributed by atoms with Gasteiger partial charge in [-0.25, -0.2) is 4.98 Å². The van der Waals surface area contributed by atoms with Crippen molar-refractivity contribution in [3.8, 4) is 0 Å². The lowest BCUT2D eigenvalue weighted by Crippen LogP contribution is -1.85. The van der Waals surface area contributed by atoms with Gasteiger partial charge in [0.15, 0.2) is 0 Å². The maximum absolute atomic E-state index is 5.78. The Balaban J connectivity index is 0.000000845. The zero-order chi connectivity index (χ0) is 8.55. The number of hydrogen-bond donors (Lipinski definition) is 0. The molecule has 0 aromatic carbocycles. The van der Waals surface area contributed by atoms with Crippen LogP contribution >= 0.6 is 24.0 Å². The van der Waals surface area contributed by atoms with Crippen LogP contribution in [0.15, 0.2) is 24.5 Å². The highest BCUT2D eigenvalue weighted by Gasteiger charge is 2.04. The van der Waals surface area contributed by atoms with Gasteiger partial charge in [-0.2, -0.15) is 0 Å². The smallest absolute Gasteiger partial charge is 0.139 e. The summed E-state index contributed by atoms with van der Waals surface area (Å²) in [5, 5.41) is 1.15. The molecule has 0 unspecified atom stereocenters. The maximum Gasteiger partial charge on any atom is 0.139 e. The van der Waals surface area contributed by atoms with Crippen molar-refractivity contribution in [1.29, 1.82) is 0 Å². The van der Waals surface area contributed by atoms with Crippen LogP contribution in [0.3, 0.4) is 0 Å². The van der Waals surface area contributed by atoms with Gasteiger partial charge in [-0.3, -0.25) is 0 Å². The van der Waals surface area contributed by atoms with Gasteiger partial charge in [-0.15, -0.1) is 24.0 Å². The first kappa shape index (κ1) is 10.4. The van der Waals surface area contributed by atoms with Gasteiger partial charge in [-0.05, 0) is 17.7 Å². The Morgan fingerprint density at radius 2 is 2.31 bits per heavy atom. The molecule has 0 radical (unpaired) electrons. The minimum Gasteiger partial charge on any atom is -0.335 e. The lowest BCUT2D eigenvalue weighted by atomic mass is 10.2. The zero-order valence-electron chi connectivity index (χ0n) is 7.20. The van der Waals surface area contributed by atoms with Crippen LogP contribution in [-0.4, -0.2) is 9.55 Å². The van der Waals surface area contributed by atoms with Gasteiger partial charge in [0.1, 0.15) is 5.65 Å². The number of pyridine rings is 1. The van der Waals surface area contributed by atoms with E-state index in [4.69, 9.17) is 11.6 Å². The van der Waals surface area contributed by atoms with Crippen LogP contribution in [0.2, 0.25) is 0 Å². The summed E-state index contributed by atoms with van der Waals surface area (Å²) in [4.78, 5) is 4.25. The first-order valence-electron chi connectivity index (χ1n) is 3.78. The van der Waals surface area contributed by atoms with Crippen molar-refractivity contribution >= 4 is 35.0 Å². The van der Waals surface area contributed by atoms with Crippen molar-refractivity contribution in [3.05, 3.63) is 30.1 Å². The van der Waals surface area contributed by atoms with Crippen molar-refractivity contribution in [3.63, 3.8) is 0 Å². The Kier molecular flexibility index (Phi) is 3.17. The van der Waals surface area contributed by atoms with E-state index in [1.165, 1.54) is 0 Å². The Bertz CT molecular complexity index is 409. The third kappa shape index (κ3) is 1.64. The molecule has 0 saturated carbocycles. The molecule has 70 valence electrons. The van der Waals surface area contributed by atoms with E-state index in [1.807, 2.05) is 29.9 Å². The second-order valence-electron chi connectivity index (χ2n) is 2.77. The maximum atomic E-state index is 5.78. The standard InChI is InChI=1S/C9H9ClN2.ClH/c1-12-6-7(5-10)8-3-2-4-11-9(8)12;/h2-4,6H,5H2,1H3;1H. The number of alkyl halides is 1. The average molecular weight is 217 g/mol. The Morgan fingerprint density at radius 1 is 1.54 bits per heavy atom. The highest BCUT2D eigenvalue weighted by Crippen LogP contribution is 2.19. The number of aryl methyl sites for hydroxylation is 1. The molecular formula is C9H10Cl2N2. The molecule has 0 atom stereocenters. The summed E-state index contributed by atoms with van der Waals surface area (Å²) in [7, 11) is 1.98. The number of fused-ring (bicyclic) bond motifs is 1. The van der Waals surface area contributed by atoms with Gasteiger partial charge in [0.2, 0.25) is 0 Å². The van der Waals surface area contributed by atoms with Gasteiger partial charge in [0.05, 0.1) is 0 Å². The predicted molar refractivity (Wildman–Crippen MR) is 57.5 cm³/mol. The molecule has 2 rings (SSSR count). The first-order chi connectivity index (χ1) is 5.83. The van der Waals surface area contributed by atoms with Gasteiger partial charge >= 0.3 is 0 Å². The quantitative estimate of drug-likeness (QED) is 0.671. The van der Waals surface area contributed by atoms with Crippen LogP contribution in [0, 0.1) is 0 Å². The molecule has 0 saturated heterocycles. The summed E-state index contributed by atoms with van der Waals surface area (Å²) < 4.78 is 1.99. The summed E-state index contributed by atoms with van der Waals surface area (Å²) in [6.07, 6.45) is 3.81. The number of rotatable bonds is 1. The summed E-state index contributed by atoms with van der Waals surface area (Å²) in [6.45, 7) is 0. The van der Waals surface area contributed by atoms with E-state index in [1.54, 1.807) is 6.20 Å². The van der Waals surface area contributed by atoms with E-state index >= 15 is 0 Å². The molecule has 2 heterocycles. The van der Waals surface area contributed by atoms with Gasteiger partial charge in [0, 0.05) is 30.7 Å². The van der Waals surface area contributed by atoms with Crippen molar-refractivity contribution < 1.29 is 0 Å². The highest BCUT2D eigenvalue weighted by molar-refractivity contribution is 6.18. The highest BCUT2D eigenvalue weighted by atomic mass is 35.5. The van der Waals surface area contributed by atoms with Crippen molar-refractivity contribution in [2.75, 3.05) is 0 Å². The third-order valence-corrected chi connectivity index (χ3v) is 2.25. The van der Waals surface area contributed by atoms with Crippen LogP contribution in [0.1, 0.15) is 5.56 Å². The summed E-state index contributed by atoms with van der Waals surface area (Å²) in [6, 6.07) is 3.97. The molecule has 0 N–H and O–H groups in total. The summed E-state index contributed by atoms with van der Waals surface area (Å²) in [5.41, 5.74) is 2.13. The fourth-order valence-electron chi connectivity index (χ4n) is 1.40. The fraction of sp³-hybridized carbons (Fsp3) is 0.222. The third-order valence-electron chi connectivity index (χ3n) is 1.96. The van der Waals surface area contributed by atoms with Gasteiger partial charge in [-0.1, -0.05) is 0 Å². The fourth-order valence-corrected chi connectivity index (χ4v) is 1.61. The molecule has 2 aromatic rings. The van der Waals surface area contributed by atoms with E-state index in [2.05, 4.69) is 4.98 Å². The van der Waals surface area contributed by atoms with Crippen LogP contribution in [0.4, 0.5) is 0 Å². The first-order valence-corrected chi connectivity index (χ1v) is 4.31. The van der Waals surface area contributed by atoms with E-state index in [0.29, 0.717) is 5.88 Å². The molecular weight excluding hydrogens is 207 g/mol. The molecule has 0 aliphatic heterocycles. The number of hydrogen-bond acceptors (Lipinski definition) is 1. The SMILES string of the molecule is Cl.Cn1cc(CCl)c2cccnc21. The monoisotopic (exact) mass is 216 g/mol. The normalized spacial score (nSPS) is 10.0. The average Bonchev–Trinajstić information content (AvgIpc) is 2.44. The molecule has 0 aliphatic rings. The number of nitrogens with zero attached hydrogens (tertiary/aromatic N) is 2. The van der Waals surface area contributed by atoms with E-state index in [-0.39, 0.29) is 12.4 Å². The molecule has 0 amide bonds. The van der Waals surface area contributed by atoms with Crippen LogP contribution in [-0.2, 0) is 12.9 Å². The number of aromatic nitrogens is 2. The summed E-state index contributed by atoms with van der Waals surface area (Å²) in [5.74, 6) is 0.545. The minimum atomic E-state index is 0. The Labute approximate surface area is 87.9 Å². The van der Waals surface area contributed by atoms with Crippen LogP contribution < -0.4 is 0 Å². The second kappa shape index (κ2) is 3.99. The van der Waals surface area contributed by atoms with Crippen LogP contribution in [0.25, 0.3) is 11.0 Å². The molecule has 0 bridgehead atoms. The largest absolute Gasteiger partial charge is 0.335 e. The molecule has 2 aromatic heterocycles. The Morgan fingerprint density at radius 3 is 3.00 bits per heavy atom. The molecule has 4 heteroatoms. The Hall–Kier alpha value is -0.730. The zero-order valence-corrected chi connectivity index (χ0v) is 8.77. The second-order valence-corrected chi connectivity index (χ2v) is 3.04. The minimum absolute atomic E-state index is 0. The number of halogens is 2. The predicted octanol–water partition coefficient (Wildman–Crippen LogP) is 2.73.